The van der Waals surface area contributed by atoms with E-state index >= 15 is 0 Å². The van der Waals surface area contributed by atoms with Crippen molar-refractivity contribution >= 4 is 34.8 Å². The van der Waals surface area contributed by atoms with E-state index < -0.39 is 5.97 Å². The maximum Gasteiger partial charge on any atom is 0.357 e. The van der Waals surface area contributed by atoms with Crippen LogP contribution in [0.15, 0.2) is 53.5 Å². The van der Waals surface area contributed by atoms with E-state index in [4.69, 9.17) is 4.74 Å². The quantitative estimate of drug-likeness (QED) is 0.382. The molecular weight excluding hydrogens is 354 g/mol. The van der Waals surface area contributed by atoms with Crippen LogP contribution in [-0.4, -0.2) is 48.4 Å². The number of hydrogen-bond acceptors (Lipinski definition) is 4. The number of esters is 1. The Morgan fingerprint density at radius 3 is 2.46 bits per heavy atom. The molecule has 6 nitrogen and oxygen atoms in total. The van der Waals surface area contributed by atoms with Crippen LogP contribution in [0.3, 0.4) is 0 Å². The number of fused-ring (bicyclic) bond motifs is 1. The highest BCUT2D eigenvalue weighted by Gasteiger charge is 2.28. The standard InChI is InChI=1S/C22H23N3O3/c1-5-28-22(27)20-19(23-14-24(3)4)18-15(2)10-9-13-17(18)25(20)21(26)16-11-7-6-8-12-16/h6-14H,5H2,1-4H3. The van der Waals surface area contributed by atoms with Crippen LogP contribution >= 0.6 is 0 Å². The Labute approximate surface area is 164 Å². The van der Waals surface area contributed by atoms with E-state index in [1.54, 1.807) is 42.4 Å². The third-order valence-corrected chi connectivity index (χ3v) is 4.29. The van der Waals surface area contributed by atoms with Crippen molar-refractivity contribution in [1.82, 2.24) is 9.47 Å². The molecule has 2 aromatic carbocycles. The van der Waals surface area contributed by atoms with Crippen LogP contribution in [0, 0.1) is 6.92 Å². The van der Waals surface area contributed by atoms with Crippen LogP contribution in [0.5, 0.6) is 0 Å². The van der Waals surface area contributed by atoms with E-state index in [9.17, 15) is 9.59 Å². The molecule has 0 radical (unpaired) electrons. The predicted molar refractivity (Wildman–Crippen MR) is 111 cm³/mol. The number of benzene rings is 2. The zero-order valence-electron chi connectivity index (χ0n) is 16.5. The number of hydrogen-bond donors (Lipinski definition) is 0. The first-order valence-corrected chi connectivity index (χ1v) is 9.07. The summed E-state index contributed by atoms with van der Waals surface area (Å²) in [5.41, 5.74) is 2.61. The predicted octanol–water partition coefficient (Wildman–Crippen LogP) is 4.04. The Morgan fingerprint density at radius 2 is 1.82 bits per heavy atom. The third-order valence-electron chi connectivity index (χ3n) is 4.29. The minimum absolute atomic E-state index is 0.137. The highest BCUT2D eigenvalue weighted by atomic mass is 16.5. The molecule has 3 rings (SSSR count). The van der Waals surface area contributed by atoms with Gasteiger partial charge in [-0.3, -0.25) is 9.36 Å². The van der Waals surface area contributed by atoms with E-state index in [0.29, 0.717) is 16.8 Å². The van der Waals surface area contributed by atoms with E-state index in [1.807, 2.05) is 45.3 Å². The number of aromatic nitrogens is 1. The van der Waals surface area contributed by atoms with Gasteiger partial charge in [0.25, 0.3) is 5.91 Å². The lowest BCUT2D eigenvalue weighted by Gasteiger charge is -2.09. The molecule has 0 fully saturated rings. The van der Waals surface area contributed by atoms with Gasteiger partial charge in [0, 0.05) is 25.0 Å². The lowest BCUT2D eigenvalue weighted by molar-refractivity contribution is 0.0512. The van der Waals surface area contributed by atoms with Crippen LogP contribution in [-0.2, 0) is 4.74 Å². The van der Waals surface area contributed by atoms with Gasteiger partial charge in [-0.15, -0.1) is 0 Å². The highest BCUT2D eigenvalue weighted by molar-refractivity contribution is 6.15. The van der Waals surface area contributed by atoms with Gasteiger partial charge in [0.1, 0.15) is 5.69 Å². The van der Waals surface area contributed by atoms with Crippen molar-refractivity contribution in [2.24, 2.45) is 4.99 Å². The van der Waals surface area contributed by atoms with Gasteiger partial charge in [0.05, 0.1) is 18.5 Å². The summed E-state index contributed by atoms with van der Waals surface area (Å²) in [4.78, 5) is 32.5. The number of aliphatic imine (C=N–C) groups is 1. The first-order chi connectivity index (χ1) is 13.5. The van der Waals surface area contributed by atoms with E-state index in [1.165, 1.54) is 4.57 Å². The first-order valence-electron chi connectivity index (χ1n) is 9.07. The van der Waals surface area contributed by atoms with Gasteiger partial charge in [0.15, 0.2) is 5.69 Å². The summed E-state index contributed by atoms with van der Waals surface area (Å²) in [5, 5.41) is 0.757. The molecule has 3 aromatic rings. The Hall–Kier alpha value is -3.41. The number of nitrogens with zero attached hydrogens (tertiary/aromatic N) is 3. The Balaban J connectivity index is 2.38. The molecule has 0 unspecified atom stereocenters. The zero-order chi connectivity index (χ0) is 20.3. The molecule has 6 heteroatoms. The monoisotopic (exact) mass is 377 g/mol. The molecule has 144 valence electrons. The number of aryl methyl sites for hydroxylation is 1. The average Bonchev–Trinajstić information content (AvgIpc) is 3.02. The van der Waals surface area contributed by atoms with Gasteiger partial charge in [-0.05, 0) is 37.6 Å². The maximum absolute atomic E-state index is 13.3. The van der Waals surface area contributed by atoms with Crippen LogP contribution in [0.1, 0.15) is 33.3 Å². The first kappa shape index (κ1) is 19.4. The van der Waals surface area contributed by atoms with Crippen LogP contribution < -0.4 is 0 Å². The second-order valence-electron chi connectivity index (χ2n) is 6.60. The van der Waals surface area contributed by atoms with Crippen LogP contribution in [0.2, 0.25) is 0 Å². The fourth-order valence-corrected chi connectivity index (χ4v) is 3.10. The van der Waals surface area contributed by atoms with E-state index in [-0.39, 0.29) is 18.2 Å². The van der Waals surface area contributed by atoms with Gasteiger partial charge < -0.3 is 9.64 Å². The summed E-state index contributed by atoms with van der Waals surface area (Å²) in [7, 11) is 3.68. The van der Waals surface area contributed by atoms with Gasteiger partial charge in [-0.1, -0.05) is 30.3 Å². The molecule has 0 saturated carbocycles. The molecule has 1 aromatic heterocycles. The fourth-order valence-electron chi connectivity index (χ4n) is 3.10. The summed E-state index contributed by atoms with van der Waals surface area (Å²) >= 11 is 0. The summed E-state index contributed by atoms with van der Waals surface area (Å²) < 4.78 is 6.69. The van der Waals surface area contributed by atoms with E-state index in [0.717, 1.165) is 10.9 Å². The van der Waals surface area contributed by atoms with Gasteiger partial charge in [-0.25, -0.2) is 9.79 Å². The lowest BCUT2D eigenvalue weighted by atomic mass is 10.1. The van der Waals surface area contributed by atoms with E-state index in [2.05, 4.69) is 4.99 Å². The molecule has 28 heavy (non-hydrogen) atoms. The lowest BCUT2D eigenvalue weighted by Crippen LogP contribution is -2.19. The maximum atomic E-state index is 13.3. The minimum Gasteiger partial charge on any atom is -0.461 e. The second kappa shape index (κ2) is 8.08. The molecule has 0 N–H and O–H groups in total. The molecule has 0 aliphatic carbocycles. The third kappa shape index (κ3) is 3.53. The molecule has 0 atom stereocenters. The molecule has 0 saturated heterocycles. The molecule has 0 amide bonds. The normalized spacial score (nSPS) is 11.1. The topological polar surface area (TPSA) is 63.9 Å². The average molecular weight is 377 g/mol. The van der Waals surface area contributed by atoms with Gasteiger partial charge >= 0.3 is 5.97 Å². The Bertz CT molecular complexity index is 1050. The number of ether oxygens (including phenoxy) is 1. The molecule has 0 spiro atoms. The summed E-state index contributed by atoms with van der Waals surface area (Å²) in [5.74, 6) is -0.876. The van der Waals surface area contributed by atoms with Gasteiger partial charge in [-0.2, -0.15) is 0 Å². The highest BCUT2D eigenvalue weighted by Crippen LogP contribution is 2.36. The summed E-state index contributed by atoms with van der Waals surface area (Å²) in [6.07, 6.45) is 1.61. The number of carbonyl (C=O) groups excluding carboxylic acids is 2. The smallest absolute Gasteiger partial charge is 0.357 e. The zero-order valence-corrected chi connectivity index (χ0v) is 16.5. The minimum atomic E-state index is -0.576. The molecule has 0 bridgehead atoms. The van der Waals surface area contributed by atoms with Crippen molar-refractivity contribution in [2.75, 3.05) is 20.7 Å². The molecule has 1 heterocycles. The van der Waals surface area contributed by atoms with Crippen molar-refractivity contribution in [1.29, 1.82) is 0 Å². The van der Waals surface area contributed by atoms with Gasteiger partial charge in [0.2, 0.25) is 0 Å². The second-order valence-corrected chi connectivity index (χ2v) is 6.60. The molecular formula is C22H23N3O3. The fraction of sp³-hybridized carbons (Fsp3) is 0.227. The van der Waals surface area contributed by atoms with Crippen molar-refractivity contribution < 1.29 is 14.3 Å². The van der Waals surface area contributed by atoms with Crippen molar-refractivity contribution in [2.45, 2.75) is 13.8 Å². The van der Waals surface area contributed by atoms with Crippen molar-refractivity contribution in [3.63, 3.8) is 0 Å². The largest absolute Gasteiger partial charge is 0.461 e. The summed E-state index contributed by atoms with van der Waals surface area (Å²) in [6, 6.07) is 14.5. The number of rotatable bonds is 5. The Kier molecular flexibility index (Phi) is 5.59. The molecule has 0 aliphatic rings. The number of carbonyl (C=O) groups is 2. The van der Waals surface area contributed by atoms with Crippen LogP contribution in [0.25, 0.3) is 10.9 Å². The van der Waals surface area contributed by atoms with Crippen LogP contribution in [0.4, 0.5) is 5.69 Å². The summed E-state index contributed by atoms with van der Waals surface area (Å²) in [6.45, 7) is 3.87. The Morgan fingerprint density at radius 1 is 1.11 bits per heavy atom. The molecule has 0 aliphatic heterocycles. The van der Waals surface area contributed by atoms with Crippen molar-refractivity contribution in [3.8, 4) is 0 Å². The SMILES string of the molecule is CCOC(=O)c1c(N=CN(C)C)c2c(C)cccc2n1C(=O)c1ccccc1. The van der Waals surface area contributed by atoms with Crippen molar-refractivity contribution in [3.05, 3.63) is 65.4 Å².